The molecule has 0 aliphatic carbocycles. The zero-order chi connectivity index (χ0) is 15.5. The van der Waals surface area contributed by atoms with Gasteiger partial charge in [-0.15, -0.1) is 0 Å². The minimum absolute atomic E-state index is 0.0210. The first-order valence-electron chi connectivity index (χ1n) is 7.19. The Labute approximate surface area is 128 Å². The van der Waals surface area contributed by atoms with E-state index in [-0.39, 0.29) is 23.6 Å². The maximum atomic E-state index is 12.6. The van der Waals surface area contributed by atoms with Crippen molar-refractivity contribution in [2.45, 2.75) is 13.0 Å². The van der Waals surface area contributed by atoms with E-state index in [0.717, 1.165) is 5.56 Å². The van der Waals surface area contributed by atoms with Crippen LogP contribution in [-0.2, 0) is 4.79 Å². The maximum Gasteiger partial charge on any atom is 0.293 e. The number of hydrogen-bond acceptors (Lipinski definition) is 4. The van der Waals surface area contributed by atoms with E-state index in [9.17, 15) is 9.59 Å². The average Bonchev–Trinajstić information content (AvgIpc) is 3.09. The minimum Gasteiger partial charge on any atom is -0.351 e. The highest BCUT2D eigenvalue weighted by Gasteiger charge is 2.34. The second kappa shape index (κ2) is 6.01. The number of amides is 2. The molecule has 1 atom stereocenters. The summed E-state index contributed by atoms with van der Waals surface area (Å²) in [6.45, 7) is 3.03. The molecule has 1 aromatic heterocycles. The molecular weight excluding hydrogens is 282 g/mol. The highest BCUT2D eigenvalue weighted by atomic mass is 16.5. The Kier molecular flexibility index (Phi) is 3.91. The molecule has 0 N–H and O–H groups in total. The molecule has 1 aromatic carbocycles. The van der Waals surface area contributed by atoms with E-state index in [1.807, 2.05) is 30.3 Å². The molecule has 1 saturated heterocycles. The molecule has 2 aromatic rings. The van der Waals surface area contributed by atoms with Crippen LogP contribution in [0.25, 0.3) is 0 Å². The highest BCUT2D eigenvalue weighted by molar-refractivity contribution is 5.91. The lowest BCUT2D eigenvalue weighted by Gasteiger charge is -2.41. The Hall–Kier alpha value is -2.63. The monoisotopic (exact) mass is 299 g/mol. The van der Waals surface area contributed by atoms with Crippen LogP contribution in [-0.4, -0.2) is 46.4 Å². The number of piperazine rings is 1. The molecule has 0 bridgehead atoms. The van der Waals surface area contributed by atoms with E-state index in [2.05, 4.69) is 5.16 Å². The summed E-state index contributed by atoms with van der Waals surface area (Å²) in [5.74, 6) is 0.0412. The fourth-order valence-electron chi connectivity index (χ4n) is 2.74. The van der Waals surface area contributed by atoms with Gasteiger partial charge in [0, 0.05) is 32.6 Å². The molecule has 0 saturated carbocycles. The Morgan fingerprint density at radius 3 is 2.59 bits per heavy atom. The van der Waals surface area contributed by atoms with Crippen LogP contribution in [0.5, 0.6) is 0 Å². The summed E-state index contributed by atoms with van der Waals surface area (Å²) in [4.78, 5) is 27.8. The number of benzene rings is 1. The quantitative estimate of drug-likeness (QED) is 0.847. The van der Waals surface area contributed by atoms with Gasteiger partial charge in [0.15, 0.2) is 0 Å². The lowest BCUT2D eigenvalue weighted by atomic mass is 10.0. The van der Waals surface area contributed by atoms with Crippen molar-refractivity contribution in [3.05, 3.63) is 53.9 Å². The zero-order valence-corrected chi connectivity index (χ0v) is 12.3. The van der Waals surface area contributed by atoms with E-state index in [1.54, 1.807) is 22.8 Å². The van der Waals surface area contributed by atoms with Gasteiger partial charge in [-0.3, -0.25) is 9.59 Å². The molecule has 3 rings (SSSR count). The van der Waals surface area contributed by atoms with Crippen LogP contribution in [0.3, 0.4) is 0 Å². The summed E-state index contributed by atoms with van der Waals surface area (Å²) in [6.07, 6.45) is 1.45. The van der Waals surface area contributed by atoms with Crippen molar-refractivity contribution in [3.63, 3.8) is 0 Å². The van der Waals surface area contributed by atoms with Gasteiger partial charge in [0.25, 0.3) is 5.91 Å². The van der Waals surface area contributed by atoms with Crippen LogP contribution < -0.4 is 0 Å². The number of rotatable bonds is 2. The lowest BCUT2D eigenvalue weighted by molar-refractivity contribution is -0.131. The molecule has 6 nitrogen and oxygen atoms in total. The number of nitrogens with zero attached hydrogens (tertiary/aromatic N) is 3. The first-order valence-corrected chi connectivity index (χ1v) is 7.19. The smallest absolute Gasteiger partial charge is 0.293 e. The van der Waals surface area contributed by atoms with Crippen LogP contribution in [0.4, 0.5) is 0 Å². The standard InChI is InChI=1S/C16H17N3O3/c1-12(20)18-9-10-19(16(21)15-7-8-17-22-15)14(11-18)13-5-3-2-4-6-13/h2-8,14H,9-11H2,1H3/t14-/m1/s1. The lowest BCUT2D eigenvalue weighted by Crippen LogP contribution is -2.51. The first-order chi connectivity index (χ1) is 10.7. The third-order valence-corrected chi connectivity index (χ3v) is 3.92. The molecule has 1 aliphatic heterocycles. The van der Waals surface area contributed by atoms with Crippen LogP contribution in [0.15, 0.2) is 47.1 Å². The van der Waals surface area contributed by atoms with Crippen molar-refractivity contribution >= 4 is 11.8 Å². The number of carbonyl (C=O) groups excluding carboxylic acids is 2. The van der Waals surface area contributed by atoms with Crippen molar-refractivity contribution < 1.29 is 14.1 Å². The van der Waals surface area contributed by atoms with Crippen LogP contribution in [0.2, 0.25) is 0 Å². The third kappa shape index (κ3) is 2.72. The molecule has 0 spiro atoms. The summed E-state index contributed by atoms with van der Waals surface area (Å²) in [5, 5.41) is 3.59. The van der Waals surface area contributed by atoms with E-state index in [4.69, 9.17) is 4.52 Å². The van der Waals surface area contributed by atoms with Crippen molar-refractivity contribution in [1.29, 1.82) is 0 Å². The van der Waals surface area contributed by atoms with E-state index < -0.39 is 0 Å². The fraction of sp³-hybridized carbons (Fsp3) is 0.312. The fourth-order valence-corrected chi connectivity index (χ4v) is 2.74. The highest BCUT2D eigenvalue weighted by Crippen LogP contribution is 2.27. The molecule has 114 valence electrons. The Bertz CT molecular complexity index is 655. The van der Waals surface area contributed by atoms with Gasteiger partial charge in [-0.2, -0.15) is 0 Å². The van der Waals surface area contributed by atoms with Gasteiger partial charge in [-0.25, -0.2) is 0 Å². The minimum atomic E-state index is -0.199. The Morgan fingerprint density at radius 1 is 1.18 bits per heavy atom. The molecule has 0 unspecified atom stereocenters. The first kappa shape index (κ1) is 14.3. The number of carbonyl (C=O) groups is 2. The largest absolute Gasteiger partial charge is 0.351 e. The molecular formula is C16H17N3O3. The summed E-state index contributed by atoms with van der Waals surface area (Å²) in [6, 6.07) is 11.1. The van der Waals surface area contributed by atoms with Crippen molar-refractivity contribution in [1.82, 2.24) is 15.0 Å². The molecule has 1 fully saturated rings. The number of hydrogen-bond donors (Lipinski definition) is 0. The Morgan fingerprint density at radius 2 is 1.95 bits per heavy atom. The van der Waals surface area contributed by atoms with E-state index in [1.165, 1.54) is 6.20 Å². The maximum absolute atomic E-state index is 12.6. The molecule has 0 radical (unpaired) electrons. The van der Waals surface area contributed by atoms with Crippen molar-refractivity contribution in [3.8, 4) is 0 Å². The predicted molar refractivity (Wildman–Crippen MR) is 79.0 cm³/mol. The van der Waals surface area contributed by atoms with Crippen molar-refractivity contribution in [2.75, 3.05) is 19.6 Å². The van der Waals surface area contributed by atoms with Gasteiger partial charge < -0.3 is 14.3 Å². The van der Waals surface area contributed by atoms with E-state index in [0.29, 0.717) is 19.6 Å². The van der Waals surface area contributed by atoms with Crippen LogP contribution in [0, 0.1) is 0 Å². The summed E-state index contributed by atoms with van der Waals surface area (Å²) in [5.41, 5.74) is 1.00. The second-order valence-electron chi connectivity index (χ2n) is 5.27. The third-order valence-electron chi connectivity index (χ3n) is 3.92. The number of aromatic nitrogens is 1. The zero-order valence-electron chi connectivity index (χ0n) is 12.3. The average molecular weight is 299 g/mol. The van der Waals surface area contributed by atoms with Gasteiger partial charge in [0.1, 0.15) is 0 Å². The van der Waals surface area contributed by atoms with Gasteiger partial charge in [0.05, 0.1) is 12.2 Å². The van der Waals surface area contributed by atoms with Gasteiger partial charge in [0.2, 0.25) is 11.7 Å². The van der Waals surface area contributed by atoms with Crippen molar-refractivity contribution in [2.24, 2.45) is 0 Å². The topological polar surface area (TPSA) is 66.7 Å². The normalized spacial score (nSPS) is 18.3. The SMILES string of the molecule is CC(=O)N1CCN(C(=O)c2ccno2)[C@@H](c2ccccc2)C1. The predicted octanol–water partition coefficient (Wildman–Crippen LogP) is 1.72. The van der Waals surface area contributed by atoms with Gasteiger partial charge in [-0.1, -0.05) is 35.5 Å². The molecule has 6 heteroatoms. The van der Waals surface area contributed by atoms with Crippen LogP contribution >= 0.6 is 0 Å². The van der Waals surface area contributed by atoms with Gasteiger partial charge in [-0.05, 0) is 5.56 Å². The molecule has 22 heavy (non-hydrogen) atoms. The van der Waals surface area contributed by atoms with Crippen LogP contribution in [0.1, 0.15) is 29.1 Å². The second-order valence-corrected chi connectivity index (χ2v) is 5.27. The molecule has 1 aliphatic rings. The Balaban J connectivity index is 1.90. The summed E-state index contributed by atoms with van der Waals surface area (Å²) in [7, 11) is 0. The van der Waals surface area contributed by atoms with E-state index >= 15 is 0 Å². The summed E-state index contributed by atoms with van der Waals surface area (Å²) < 4.78 is 4.99. The molecule has 2 amide bonds. The molecule has 2 heterocycles. The van der Waals surface area contributed by atoms with Gasteiger partial charge >= 0.3 is 0 Å². The summed E-state index contributed by atoms with van der Waals surface area (Å²) >= 11 is 0.